The summed E-state index contributed by atoms with van der Waals surface area (Å²) in [7, 11) is 0. The lowest BCUT2D eigenvalue weighted by Gasteiger charge is -2.14. The van der Waals surface area contributed by atoms with Gasteiger partial charge in [-0.2, -0.15) is 0 Å². The van der Waals surface area contributed by atoms with Crippen molar-refractivity contribution in [2.75, 3.05) is 0 Å². The van der Waals surface area contributed by atoms with Crippen LogP contribution in [0.1, 0.15) is 24.1 Å². The van der Waals surface area contributed by atoms with E-state index in [-0.39, 0.29) is 5.82 Å². The van der Waals surface area contributed by atoms with Crippen molar-refractivity contribution in [3.8, 4) is 5.75 Å². The summed E-state index contributed by atoms with van der Waals surface area (Å²) in [4.78, 5) is 0. The number of hydrogen-bond donors (Lipinski definition) is 1. The SMILES string of the molecule is C[C@H](N)c1c(F)cccc1OCc1cccc(Cl)c1. The van der Waals surface area contributed by atoms with Crippen molar-refractivity contribution >= 4 is 11.6 Å². The van der Waals surface area contributed by atoms with Crippen molar-refractivity contribution in [1.29, 1.82) is 0 Å². The number of hydrogen-bond acceptors (Lipinski definition) is 2. The summed E-state index contributed by atoms with van der Waals surface area (Å²) in [5.41, 5.74) is 7.08. The molecule has 19 heavy (non-hydrogen) atoms. The first kappa shape index (κ1) is 13.8. The molecule has 0 radical (unpaired) electrons. The van der Waals surface area contributed by atoms with E-state index >= 15 is 0 Å². The lowest BCUT2D eigenvalue weighted by atomic mass is 10.1. The van der Waals surface area contributed by atoms with Crippen LogP contribution in [-0.4, -0.2) is 0 Å². The third-order valence-electron chi connectivity index (χ3n) is 2.75. The molecule has 2 aromatic carbocycles. The van der Waals surface area contributed by atoms with Crippen molar-refractivity contribution in [2.45, 2.75) is 19.6 Å². The fourth-order valence-electron chi connectivity index (χ4n) is 1.87. The van der Waals surface area contributed by atoms with E-state index in [4.69, 9.17) is 22.1 Å². The van der Waals surface area contributed by atoms with Crippen LogP contribution in [0.5, 0.6) is 5.75 Å². The van der Waals surface area contributed by atoms with Crippen molar-refractivity contribution in [3.05, 3.63) is 64.4 Å². The molecule has 1 atom stereocenters. The molecule has 0 amide bonds. The van der Waals surface area contributed by atoms with Gasteiger partial charge in [-0.15, -0.1) is 0 Å². The number of ether oxygens (including phenoxy) is 1. The van der Waals surface area contributed by atoms with E-state index in [2.05, 4.69) is 0 Å². The molecular formula is C15H15ClFNO. The van der Waals surface area contributed by atoms with Crippen LogP contribution in [0, 0.1) is 5.82 Å². The molecular weight excluding hydrogens is 265 g/mol. The van der Waals surface area contributed by atoms with Crippen LogP contribution in [0.25, 0.3) is 0 Å². The van der Waals surface area contributed by atoms with E-state index in [1.807, 2.05) is 18.2 Å². The Morgan fingerprint density at radius 1 is 1.26 bits per heavy atom. The Balaban J connectivity index is 2.18. The average molecular weight is 280 g/mol. The zero-order valence-electron chi connectivity index (χ0n) is 10.6. The summed E-state index contributed by atoms with van der Waals surface area (Å²) < 4.78 is 19.4. The molecule has 100 valence electrons. The van der Waals surface area contributed by atoms with E-state index in [0.29, 0.717) is 22.9 Å². The Labute approximate surface area is 117 Å². The lowest BCUT2D eigenvalue weighted by Crippen LogP contribution is -2.10. The molecule has 0 saturated heterocycles. The van der Waals surface area contributed by atoms with Crippen LogP contribution in [0.2, 0.25) is 5.02 Å². The Morgan fingerprint density at radius 2 is 2.00 bits per heavy atom. The van der Waals surface area contributed by atoms with Gasteiger partial charge in [0.1, 0.15) is 18.2 Å². The summed E-state index contributed by atoms with van der Waals surface area (Å²) in [5, 5.41) is 0.646. The summed E-state index contributed by atoms with van der Waals surface area (Å²) in [6.45, 7) is 2.05. The summed E-state index contributed by atoms with van der Waals surface area (Å²) in [6, 6.07) is 11.6. The molecule has 0 fully saturated rings. The normalized spacial score (nSPS) is 12.2. The van der Waals surface area contributed by atoms with Crippen LogP contribution in [0.3, 0.4) is 0 Å². The van der Waals surface area contributed by atoms with Gasteiger partial charge in [-0.1, -0.05) is 29.8 Å². The van der Waals surface area contributed by atoms with Gasteiger partial charge < -0.3 is 10.5 Å². The van der Waals surface area contributed by atoms with Crippen LogP contribution < -0.4 is 10.5 Å². The van der Waals surface area contributed by atoms with E-state index in [1.54, 1.807) is 25.1 Å². The maximum atomic E-state index is 13.7. The summed E-state index contributed by atoms with van der Waals surface area (Å²) in [6.07, 6.45) is 0. The fraction of sp³-hybridized carbons (Fsp3) is 0.200. The van der Waals surface area contributed by atoms with E-state index in [0.717, 1.165) is 5.56 Å². The minimum absolute atomic E-state index is 0.323. The highest BCUT2D eigenvalue weighted by Crippen LogP contribution is 2.27. The van der Waals surface area contributed by atoms with Crippen LogP contribution >= 0.6 is 11.6 Å². The second-order valence-electron chi connectivity index (χ2n) is 4.36. The number of benzene rings is 2. The molecule has 0 aliphatic rings. The number of halogens is 2. The largest absolute Gasteiger partial charge is 0.488 e. The molecule has 2 rings (SSSR count). The molecule has 0 aliphatic carbocycles. The van der Waals surface area contributed by atoms with E-state index in [9.17, 15) is 4.39 Å². The third-order valence-corrected chi connectivity index (χ3v) is 2.99. The second kappa shape index (κ2) is 6.04. The Hall–Kier alpha value is -1.58. The van der Waals surface area contributed by atoms with Crippen molar-refractivity contribution < 1.29 is 9.13 Å². The minimum atomic E-state index is -0.421. The molecule has 0 aromatic heterocycles. The third kappa shape index (κ3) is 3.46. The molecule has 2 aromatic rings. The van der Waals surface area contributed by atoms with Crippen molar-refractivity contribution in [3.63, 3.8) is 0 Å². The zero-order chi connectivity index (χ0) is 13.8. The van der Waals surface area contributed by atoms with E-state index in [1.165, 1.54) is 6.07 Å². The zero-order valence-corrected chi connectivity index (χ0v) is 11.3. The van der Waals surface area contributed by atoms with Gasteiger partial charge in [-0.3, -0.25) is 0 Å². The molecule has 0 spiro atoms. The maximum Gasteiger partial charge on any atom is 0.131 e. The van der Waals surface area contributed by atoms with Crippen LogP contribution in [0.15, 0.2) is 42.5 Å². The Bertz CT molecular complexity index is 572. The highest BCUT2D eigenvalue weighted by atomic mass is 35.5. The smallest absolute Gasteiger partial charge is 0.131 e. The molecule has 0 unspecified atom stereocenters. The monoisotopic (exact) mass is 279 g/mol. The molecule has 0 bridgehead atoms. The van der Waals surface area contributed by atoms with Crippen molar-refractivity contribution in [2.24, 2.45) is 5.73 Å². The quantitative estimate of drug-likeness (QED) is 0.915. The standard InChI is InChI=1S/C15H15ClFNO/c1-10(18)15-13(17)6-3-7-14(15)19-9-11-4-2-5-12(16)8-11/h2-8,10H,9,18H2,1H3/t10-/m0/s1. The van der Waals surface area contributed by atoms with Crippen LogP contribution in [-0.2, 0) is 6.61 Å². The van der Waals surface area contributed by atoms with E-state index < -0.39 is 6.04 Å². The topological polar surface area (TPSA) is 35.2 Å². The molecule has 4 heteroatoms. The minimum Gasteiger partial charge on any atom is -0.488 e. The van der Waals surface area contributed by atoms with Gasteiger partial charge in [0.05, 0.1) is 0 Å². The summed E-state index contributed by atoms with van der Waals surface area (Å²) >= 11 is 5.90. The second-order valence-corrected chi connectivity index (χ2v) is 4.80. The molecule has 0 saturated carbocycles. The number of rotatable bonds is 4. The van der Waals surface area contributed by atoms with Gasteiger partial charge in [0.2, 0.25) is 0 Å². The predicted molar refractivity (Wildman–Crippen MR) is 74.8 cm³/mol. The van der Waals surface area contributed by atoms with Gasteiger partial charge in [0.25, 0.3) is 0 Å². The maximum absolute atomic E-state index is 13.7. The van der Waals surface area contributed by atoms with Gasteiger partial charge in [0, 0.05) is 16.6 Å². The highest BCUT2D eigenvalue weighted by molar-refractivity contribution is 6.30. The van der Waals surface area contributed by atoms with Gasteiger partial charge >= 0.3 is 0 Å². The first-order chi connectivity index (χ1) is 9.08. The average Bonchev–Trinajstić information content (AvgIpc) is 2.36. The predicted octanol–water partition coefficient (Wildman–Crippen LogP) is 4.08. The van der Waals surface area contributed by atoms with Crippen LogP contribution in [0.4, 0.5) is 4.39 Å². The molecule has 2 N–H and O–H groups in total. The Morgan fingerprint density at radius 3 is 2.68 bits per heavy atom. The first-order valence-corrected chi connectivity index (χ1v) is 6.37. The molecule has 0 heterocycles. The van der Waals surface area contributed by atoms with Gasteiger partial charge in [-0.05, 0) is 36.8 Å². The first-order valence-electron chi connectivity index (χ1n) is 5.99. The van der Waals surface area contributed by atoms with Crippen molar-refractivity contribution in [1.82, 2.24) is 0 Å². The number of nitrogens with two attached hydrogens (primary N) is 1. The van der Waals surface area contributed by atoms with Gasteiger partial charge in [0.15, 0.2) is 0 Å². The van der Waals surface area contributed by atoms with Gasteiger partial charge in [-0.25, -0.2) is 4.39 Å². The Kier molecular flexibility index (Phi) is 4.40. The lowest BCUT2D eigenvalue weighted by molar-refractivity contribution is 0.299. The molecule has 0 aliphatic heterocycles. The fourth-order valence-corrected chi connectivity index (χ4v) is 2.09. The molecule has 2 nitrogen and oxygen atoms in total. The summed E-state index contributed by atoms with van der Waals surface area (Å²) in [5.74, 6) is 0.119. The highest BCUT2D eigenvalue weighted by Gasteiger charge is 2.13.